The summed E-state index contributed by atoms with van der Waals surface area (Å²) in [6.45, 7) is 2.97. The standard InChI is InChI=1S/C16H25NO5/c1-2-16(21)13-3-5-15(6-4-13)22-12-14(20)11-17(7-9-18)8-10-19/h3-6,14,18-20H,2,7-12H2,1H3/t14-/m1/s1. The normalized spacial score (nSPS) is 12.4. The van der Waals surface area contributed by atoms with E-state index in [4.69, 9.17) is 14.9 Å². The lowest BCUT2D eigenvalue weighted by Gasteiger charge is -2.23. The number of ether oxygens (including phenoxy) is 1. The summed E-state index contributed by atoms with van der Waals surface area (Å²) in [6.07, 6.45) is -0.264. The van der Waals surface area contributed by atoms with Crippen LogP contribution >= 0.6 is 0 Å². The summed E-state index contributed by atoms with van der Waals surface area (Å²) >= 11 is 0. The number of Topliss-reactive ketones (excluding diaryl/α,β-unsaturated/α-hetero) is 1. The highest BCUT2D eigenvalue weighted by Gasteiger charge is 2.12. The molecule has 1 aromatic carbocycles. The molecule has 124 valence electrons. The minimum Gasteiger partial charge on any atom is -0.491 e. The molecule has 0 radical (unpaired) electrons. The molecular weight excluding hydrogens is 286 g/mol. The third-order valence-electron chi connectivity index (χ3n) is 3.24. The second-order valence-corrected chi connectivity index (χ2v) is 5.01. The highest BCUT2D eigenvalue weighted by molar-refractivity contribution is 5.95. The van der Waals surface area contributed by atoms with Gasteiger partial charge in [-0.15, -0.1) is 0 Å². The Morgan fingerprint density at radius 1 is 1.18 bits per heavy atom. The zero-order valence-electron chi connectivity index (χ0n) is 12.9. The molecule has 0 bridgehead atoms. The summed E-state index contributed by atoms with van der Waals surface area (Å²) in [6, 6.07) is 6.82. The Bertz CT molecular complexity index is 429. The Balaban J connectivity index is 2.42. The van der Waals surface area contributed by atoms with Gasteiger partial charge in [0.1, 0.15) is 18.5 Å². The highest BCUT2D eigenvalue weighted by atomic mass is 16.5. The summed E-state index contributed by atoms with van der Waals surface area (Å²) in [4.78, 5) is 13.3. The van der Waals surface area contributed by atoms with Gasteiger partial charge in [-0.1, -0.05) is 6.92 Å². The lowest BCUT2D eigenvalue weighted by Crippen LogP contribution is -2.38. The summed E-state index contributed by atoms with van der Waals surface area (Å²) in [5, 5.41) is 27.8. The number of benzene rings is 1. The van der Waals surface area contributed by atoms with Crippen LogP contribution in [0.15, 0.2) is 24.3 Å². The second-order valence-electron chi connectivity index (χ2n) is 5.01. The maximum atomic E-state index is 11.5. The van der Waals surface area contributed by atoms with Crippen LogP contribution in [0.3, 0.4) is 0 Å². The van der Waals surface area contributed by atoms with E-state index in [0.29, 0.717) is 37.4 Å². The average Bonchev–Trinajstić information content (AvgIpc) is 2.53. The average molecular weight is 311 g/mol. The number of nitrogens with zero attached hydrogens (tertiary/aromatic N) is 1. The number of carbonyl (C=O) groups excluding carboxylic acids is 1. The summed E-state index contributed by atoms with van der Waals surface area (Å²) < 4.78 is 5.48. The minimum atomic E-state index is -0.727. The largest absolute Gasteiger partial charge is 0.491 e. The fourth-order valence-electron chi connectivity index (χ4n) is 2.06. The molecule has 0 saturated heterocycles. The molecule has 3 N–H and O–H groups in total. The van der Waals surface area contributed by atoms with E-state index in [1.54, 1.807) is 29.2 Å². The molecule has 1 atom stereocenters. The van der Waals surface area contributed by atoms with Gasteiger partial charge in [-0.2, -0.15) is 0 Å². The zero-order valence-corrected chi connectivity index (χ0v) is 12.9. The van der Waals surface area contributed by atoms with Crippen molar-refractivity contribution in [2.24, 2.45) is 0 Å². The van der Waals surface area contributed by atoms with E-state index >= 15 is 0 Å². The van der Waals surface area contributed by atoms with Crippen molar-refractivity contribution >= 4 is 5.78 Å². The van der Waals surface area contributed by atoms with Crippen LogP contribution in [0.1, 0.15) is 23.7 Å². The van der Waals surface area contributed by atoms with Gasteiger partial charge >= 0.3 is 0 Å². The van der Waals surface area contributed by atoms with Gasteiger partial charge in [0, 0.05) is 31.6 Å². The zero-order chi connectivity index (χ0) is 16.4. The van der Waals surface area contributed by atoms with Gasteiger partial charge in [0.2, 0.25) is 0 Å². The fraction of sp³-hybridized carbons (Fsp3) is 0.562. The third kappa shape index (κ3) is 6.53. The number of hydrogen-bond acceptors (Lipinski definition) is 6. The Morgan fingerprint density at radius 3 is 2.27 bits per heavy atom. The lowest BCUT2D eigenvalue weighted by molar-refractivity contribution is 0.0552. The minimum absolute atomic E-state index is 0.0273. The molecule has 0 aliphatic rings. The number of ketones is 1. The lowest BCUT2D eigenvalue weighted by atomic mass is 10.1. The maximum Gasteiger partial charge on any atom is 0.162 e. The molecule has 0 fully saturated rings. The molecule has 0 aromatic heterocycles. The van der Waals surface area contributed by atoms with Crippen molar-refractivity contribution < 1.29 is 24.9 Å². The predicted molar refractivity (Wildman–Crippen MR) is 83.2 cm³/mol. The van der Waals surface area contributed by atoms with E-state index in [2.05, 4.69) is 0 Å². The van der Waals surface area contributed by atoms with Gasteiger partial charge < -0.3 is 20.1 Å². The molecule has 6 heteroatoms. The molecule has 0 unspecified atom stereocenters. The number of rotatable bonds is 11. The van der Waals surface area contributed by atoms with Crippen LogP contribution in [-0.4, -0.2) is 71.6 Å². The number of carbonyl (C=O) groups is 1. The smallest absolute Gasteiger partial charge is 0.162 e. The molecule has 22 heavy (non-hydrogen) atoms. The van der Waals surface area contributed by atoms with Crippen molar-refractivity contribution in [3.05, 3.63) is 29.8 Å². The quantitative estimate of drug-likeness (QED) is 0.510. The molecule has 0 amide bonds. The maximum absolute atomic E-state index is 11.5. The Hall–Kier alpha value is -1.47. The van der Waals surface area contributed by atoms with Crippen LogP contribution in [0.25, 0.3) is 0 Å². The van der Waals surface area contributed by atoms with Gasteiger partial charge in [-0.05, 0) is 24.3 Å². The first-order chi connectivity index (χ1) is 10.6. The first kappa shape index (κ1) is 18.6. The number of aliphatic hydroxyl groups is 3. The second kappa shape index (κ2) is 10.3. The van der Waals surface area contributed by atoms with Gasteiger partial charge in [-0.3, -0.25) is 9.69 Å². The van der Waals surface area contributed by atoms with E-state index in [9.17, 15) is 9.90 Å². The number of hydrogen-bond donors (Lipinski definition) is 3. The van der Waals surface area contributed by atoms with Crippen molar-refractivity contribution in [2.75, 3.05) is 39.5 Å². The van der Waals surface area contributed by atoms with Crippen molar-refractivity contribution in [1.82, 2.24) is 4.90 Å². The van der Waals surface area contributed by atoms with Crippen molar-refractivity contribution in [1.29, 1.82) is 0 Å². The van der Waals surface area contributed by atoms with Gasteiger partial charge in [0.15, 0.2) is 5.78 Å². The number of aliphatic hydroxyl groups excluding tert-OH is 3. The fourth-order valence-corrected chi connectivity index (χ4v) is 2.06. The van der Waals surface area contributed by atoms with Crippen LogP contribution in [0.2, 0.25) is 0 Å². The highest BCUT2D eigenvalue weighted by Crippen LogP contribution is 2.13. The first-order valence-corrected chi connectivity index (χ1v) is 7.48. The monoisotopic (exact) mass is 311 g/mol. The molecule has 6 nitrogen and oxygen atoms in total. The molecule has 0 heterocycles. The van der Waals surface area contributed by atoms with Gasteiger partial charge in [0.25, 0.3) is 0 Å². The van der Waals surface area contributed by atoms with E-state index in [-0.39, 0.29) is 25.6 Å². The van der Waals surface area contributed by atoms with E-state index in [1.165, 1.54) is 0 Å². The van der Waals surface area contributed by atoms with Crippen molar-refractivity contribution in [2.45, 2.75) is 19.4 Å². The molecular formula is C16H25NO5. The topological polar surface area (TPSA) is 90.2 Å². The van der Waals surface area contributed by atoms with Crippen LogP contribution in [0, 0.1) is 0 Å². The van der Waals surface area contributed by atoms with Crippen LogP contribution < -0.4 is 4.74 Å². The van der Waals surface area contributed by atoms with Gasteiger partial charge in [0.05, 0.1) is 13.2 Å². The molecule has 1 rings (SSSR count). The summed E-state index contributed by atoms with van der Waals surface area (Å²) in [5.74, 6) is 0.665. The molecule has 1 aromatic rings. The van der Waals surface area contributed by atoms with Crippen LogP contribution in [0.5, 0.6) is 5.75 Å². The molecule has 0 aliphatic carbocycles. The summed E-state index contributed by atoms with van der Waals surface area (Å²) in [5.41, 5.74) is 0.646. The molecule has 0 aliphatic heterocycles. The summed E-state index contributed by atoms with van der Waals surface area (Å²) in [7, 11) is 0. The predicted octanol–water partition coefficient (Wildman–Crippen LogP) is 0.306. The SMILES string of the molecule is CCC(=O)c1ccc(OC[C@H](O)CN(CCO)CCO)cc1. The molecule has 0 spiro atoms. The first-order valence-electron chi connectivity index (χ1n) is 7.48. The van der Waals surface area contributed by atoms with E-state index in [0.717, 1.165) is 0 Å². The van der Waals surface area contributed by atoms with E-state index < -0.39 is 6.10 Å². The van der Waals surface area contributed by atoms with Gasteiger partial charge in [-0.25, -0.2) is 0 Å². The molecule has 0 saturated carbocycles. The van der Waals surface area contributed by atoms with Crippen LogP contribution in [-0.2, 0) is 0 Å². The third-order valence-corrected chi connectivity index (χ3v) is 3.24. The van der Waals surface area contributed by atoms with Crippen molar-refractivity contribution in [3.63, 3.8) is 0 Å². The van der Waals surface area contributed by atoms with E-state index in [1.807, 2.05) is 6.92 Å². The van der Waals surface area contributed by atoms with Crippen molar-refractivity contribution in [3.8, 4) is 5.75 Å². The van der Waals surface area contributed by atoms with Crippen LogP contribution in [0.4, 0.5) is 0 Å². The Labute approximate surface area is 130 Å². The Kier molecular flexibility index (Phi) is 8.69. The Morgan fingerprint density at radius 2 is 1.77 bits per heavy atom.